The molecule has 3 aromatic carbocycles. The van der Waals surface area contributed by atoms with E-state index in [4.69, 9.17) is 11.6 Å². The van der Waals surface area contributed by atoms with E-state index in [0.29, 0.717) is 17.0 Å². The number of hydrogen-bond acceptors (Lipinski definition) is 2. The van der Waals surface area contributed by atoms with Gasteiger partial charge in [-0.25, -0.2) is 4.39 Å². The molecule has 0 saturated heterocycles. The van der Waals surface area contributed by atoms with Crippen LogP contribution in [0.4, 0.5) is 4.39 Å². The van der Waals surface area contributed by atoms with Crippen molar-refractivity contribution in [2.45, 2.75) is 51.7 Å². The number of hydrogen-bond donors (Lipinski definition) is 1. The van der Waals surface area contributed by atoms with E-state index in [1.807, 2.05) is 63.2 Å². The van der Waals surface area contributed by atoms with Gasteiger partial charge in [0.25, 0.3) is 0 Å². The molecule has 2 amide bonds. The number of benzene rings is 3. The first-order valence-corrected chi connectivity index (χ1v) is 11.6. The van der Waals surface area contributed by atoms with Gasteiger partial charge in [-0.05, 0) is 61.7 Å². The zero-order chi connectivity index (χ0) is 24.7. The fraction of sp³-hybridized carbons (Fsp3) is 0.286. The maximum absolute atomic E-state index is 13.6. The zero-order valence-electron chi connectivity index (χ0n) is 19.7. The van der Waals surface area contributed by atoms with Crippen LogP contribution in [-0.2, 0) is 29.0 Å². The molecule has 0 aliphatic carbocycles. The molecule has 3 rings (SSSR count). The molecule has 0 unspecified atom stereocenters. The summed E-state index contributed by atoms with van der Waals surface area (Å²) in [6.07, 6.45) is 0.424. The minimum Gasteiger partial charge on any atom is -0.350 e. The van der Waals surface area contributed by atoms with E-state index in [9.17, 15) is 14.0 Å². The Labute approximate surface area is 205 Å². The molecule has 3 aromatic rings. The van der Waals surface area contributed by atoms with Crippen molar-refractivity contribution in [3.8, 4) is 0 Å². The van der Waals surface area contributed by atoms with E-state index in [1.165, 1.54) is 12.1 Å². The van der Waals surface area contributed by atoms with Crippen molar-refractivity contribution in [3.63, 3.8) is 0 Å². The van der Waals surface area contributed by atoms with Crippen molar-refractivity contribution in [2.75, 3.05) is 0 Å². The van der Waals surface area contributed by atoms with Crippen molar-refractivity contribution in [2.24, 2.45) is 0 Å². The van der Waals surface area contributed by atoms with Gasteiger partial charge in [0.1, 0.15) is 11.9 Å². The summed E-state index contributed by atoms with van der Waals surface area (Å²) in [6.45, 7) is 5.98. The third kappa shape index (κ3) is 7.70. The van der Waals surface area contributed by atoms with Gasteiger partial charge in [0.2, 0.25) is 11.8 Å². The van der Waals surface area contributed by atoms with Gasteiger partial charge in [-0.2, -0.15) is 0 Å². The summed E-state index contributed by atoms with van der Waals surface area (Å²) < 4.78 is 13.4. The van der Waals surface area contributed by atoms with Crippen LogP contribution in [0.3, 0.4) is 0 Å². The molecule has 1 N–H and O–H groups in total. The molecule has 0 aliphatic rings. The smallest absolute Gasteiger partial charge is 0.243 e. The van der Waals surface area contributed by atoms with Gasteiger partial charge in [0.15, 0.2) is 0 Å². The lowest BCUT2D eigenvalue weighted by Gasteiger charge is -2.34. The fourth-order valence-corrected chi connectivity index (χ4v) is 3.80. The molecular weight excluding hydrogens is 451 g/mol. The second-order valence-electron chi connectivity index (χ2n) is 9.40. The van der Waals surface area contributed by atoms with E-state index in [1.54, 1.807) is 29.2 Å². The quantitative estimate of drug-likeness (QED) is 0.457. The molecule has 0 saturated carbocycles. The predicted molar refractivity (Wildman–Crippen MR) is 134 cm³/mol. The highest BCUT2D eigenvalue weighted by Gasteiger charge is 2.32. The molecule has 178 valence electrons. The Hall–Kier alpha value is -3.18. The highest BCUT2D eigenvalue weighted by Crippen LogP contribution is 2.19. The van der Waals surface area contributed by atoms with Crippen LogP contribution in [0.5, 0.6) is 0 Å². The molecule has 0 fully saturated rings. The van der Waals surface area contributed by atoms with Crippen LogP contribution in [0.2, 0.25) is 5.02 Å². The highest BCUT2D eigenvalue weighted by molar-refractivity contribution is 6.30. The molecule has 0 aliphatic heterocycles. The number of nitrogens with zero attached hydrogens (tertiary/aromatic N) is 1. The van der Waals surface area contributed by atoms with Gasteiger partial charge >= 0.3 is 0 Å². The van der Waals surface area contributed by atoms with Gasteiger partial charge in [0, 0.05) is 23.5 Å². The Kier molecular flexibility index (Phi) is 8.46. The van der Waals surface area contributed by atoms with Crippen molar-refractivity contribution in [1.29, 1.82) is 0 Å². The summed E-state index contributed by atoms with van der Waals surface area (Å²) >= 11 is 6.05. The van der Waals surface area contributed by atoms with Crippen LogP contribution in [0.15, 0.2) is 78.9 Å². The molecule has 4 nitrogen and oxygen atoms in total. The Morgan fingerprint density at radius 3 is 2.06 bits per heavy atom. The minimum absolute atomic E-state index is 0.0575. The number of nitrogens with one attached hydrogen (secondary N) is 1. The summed E-state index contributed by atoms with van der Waals surface area (Å²) in [4.78, 5) is 28.7. The topological polar surface area (TPSA) is 49.4 Å². The number of carbonyl (C=O) groups excluding carboxylic acids is 2. The zero-order valence-corrected chi connectivity index (χ0v) is 20.5. The van der Waals surface area contributed by atoms with E-state index >= 15 is 0 Å². The lowest BCUT2D eigenvalue weighted by Crippen LogP contribution is -2.54. The summed E-state index contributed by atoms with van der Waals surface area (Å²) in [6, 6.07) is 22.0. The second kappa shape index (κ2) is 11.3. The molecule has 1 atom stereocenters. The van der Waals surface area contributed by atoms with E-state index in [0.717, 1.165) is 11.1 Å². The number of halogens is 2. The van der Waals surface area contributed by atoms with Gasteiger partial charge in [-0.1, -0.05) is 66.2 Å². The van der Waals surface area contributed by atoms with Crippen molar-refractivity contribution in [1.82, 2.24) is 10.2 Å². The van der Waals surface area contributed by atoms with Crippen molar-refractivity contribution in [3.05, 3.63) is 106 Å². The molecule has 0 aromatic heterocycles. The predicted octanol–water partition coefficient (Wildman–Crippen LogP) is 5.58. The van der Waals surface area contributed by atoms with Gasteiger partial charge < -0.3 is 10.2 Å². The normalized spacial score (nSPS) is 12.1. The number of carbonyl (C=O) groups is 2. The lowest BCUT2D eigenvalue weighted by molar-refractivity contribution is -0.141. The van der Waals surface area contributed by atoms with Crippen LogP contribution in [0, 0.1) is 5.82 Å². The van der Waals surface area contributed by atoms with E-state index in [2.05, 4.69) is 5.32 Å². The van der Waals surface area contributed by atoms with Crippen LogP contribution in [-0.4, -0.2) is 28.3 Å². The highest BCUT2D eigenvalue weighted by atomic mass is 35.5. The van der Waals surface area contributed by atoms with Gasteiger partial charge in [-0.3, -0.25) is 9.59 Å². The average molecular weight is 481 g/mol. The maximum atomic E-state index is 13.6. The first-order chi connectivity index (χ1) is 16.1. The third-order valence-electron chi connectivity index (χ3n) is 5.30. The standard InChI is InChI=1S/C28H30ClFN2O2/c1-28(2,3)31-27(34)25(17-20-7-5-4-6-8-20)32(19-22-9-13-23(29)14-10-22)26(33)18-21-11-15-24(30)16-12-21/h4-16,25H,17-19H2,1-3H3,(H,31,34)/t25-/m0/s1. The summed E-state index contributed by atoms with van der Waals surface area (Å²) in [7, 11) is 0. The molecular formula is C28H30ClFN2O2. The Morgan fingerprint density at radius 1 is 0.882 bits per heavy atom. The molecule has 0 bridgehead atoms. The minimum atomic E-state index is -0.731. The molecule has 0 spiro atoms. The third-order valence-corrected chi connectivity index (χ3v) is 5.56. The van der Waals surface area contributed by atoms with Gasteiger partial charge in [0.05, 0.1) is 6.42 Å². The van der Waals surface area contributed by atoms with E-state index < -0.39 is 11.6 Å². The average Bonchev–Trinajstić information content (AvgIpc) is 2.78. The monoisotopic (exact) mass is 480 g/mol. The Balaban J connectivity index is 1.97. The lowest BCUT2D eigenvalue weighted by atomic mass is 10.00. The Morgan fingerprint density at radius 2 is 1.47 bits per heavy atom. The first-order valence-electron chi connectivity index (χ1n) is 11.2. The number of amides is 2. The van der Waals surface area contributed by atoms with Crippen LogP contribution in [0.1, 0.15) is 37.5 Å². The number of rotatable bonds is 8. The van der Waals surface area contributed by atoms with E-state index in [-0.39, 0.29) is 30.6 Å². The summed E-state index contributed by atoms with van der Waals surface area (Å²) in [5, 5.41) is 3.63. The van der Waals surface area contributed by atoms with Gasteiger partial charge in [-0.15, -0.1) is 0 Å². The summed E-state index contributed by atoms with van der Waals surface area (Å²) in [5.41, 5.74) is 2.03. The fourth-order valence-electron chi connectivity index (χ4n) is 3.67. The first kappa shape index (κ1) is 25.4. The van der Waals surface area contributed by atoms with Crippen LogP contribution >= 0.6 is 11.6 Å². The molecule has 0 heterocycles. The second-order valence-corrected chi connectivity index (χ2v) is 9.83. The maximum Gasteiger partial charge on any atom is 0.243 e. The van der Waals surface area contributed by atoms with Crippen LogP contribution in [0.25, 0.3) is 0 Å². The largest absolute Gasteiger partial charge is 0.350 e. The van der Waals surface area contributed by atoms with Crippen LogP contribution < -0.4 is 5.32 Å². The molecule has 0 radical (unpaired) electrons. The van der Waals surface area contributed by atoms with Crippen molar-refractivity contribution >= 4 is 23.4 Å². The molecule has 6 heteroatoms. The van der Waals surface area contributed by atoms with Crippen molar-refractivity contribution < 1.29 is 14.0 Å². The molecule has 34 heavy (non-hydrogen) atoms. The Bertz CT molecular complexity index is 1090. The summed E-state index contributed by atoms with van der Waals surface area (Å²) in [5.74, 6) is -0.801. The SMILES string of the molecule is CC(C)(C)NC(=O)[C@H](Cc1ccccc1)N(Cc1ccc(Cl)cc1)C(=O)Cc1ccc(F)cc1.